The molecule has 6 aromatic rings. The van der Waals surface area contributed by atoms with Gasteiger partial charge in [0.15, 0.2) is 11.5 Å². The normalized spacial score (nSPS) is 25.1. The molecule has 9 aliphatic rings. The highest BCUT2D eigenvalue weighted by atomic mass is 35.5. The fraction of sp³-hybridized carbons (Fsp3) is 0.384. The number of halogens is 2. The summed E-state index contributed by atoms with van der Waals surface area (Å²) in [5.74, 6) is -12.1. The fourth-order valence-corrected chi connectivity index (χ4v) is 15.4. The molecule has 548 valence electrons. The summed E-state index contributed by atoms with van der Waals surface area (Å²) >= 11 is 13.9. The quantitative estimate of drug-likeness (QED) is 0.0580. The van der Waals surface area contributed by atoms with Crippen molar-refractivity contribution in [2.75, 3.05) is 32.6 Å². The van der Waals surface area contributed by atoms with Crippen LogP contribution in [0.4, 0.5) is 10.5 Å². The Morgan fingerprint density at radius 1 is 0.615 bits per heavy atom. The molecule has 4 fully saturated rings. The number of phenolic OH excluding ortho intramolecular Hbond substituents is 4. The lowest BCUT2D eigenvalue weighted by molar-refractivity contribution is -0.138. The molecule has 5 aliphatic heterocycles. The molecule has 10 amide bonds. The summed E-state index contributed by atoms with van der Waals surface area (Å²) in [6.07, 6.45) is -0.441. The predicted octanol–water partition coefficient (Wildman–Crippen LogP) is 5.71. The maximum absolute atomic E-state index is 16.0. The van der Waals surface area contributed by atoms with E-state index in [-0.39, 0.29) is 96.4 Å². The number of fused-ring (bicyclic) bond motifs is 15. The highest BCUT2D eigenvalue weighted by Gasteiger charge is 2.50. The Bertz CT molecular complexity index is 4360. The van der Waals surface area contributed by atoms with Crippen LogP contribution in [0.15, 0.2) is 103 Å². The van der Waals surface area contributed by atoms with Gasteiger partial charge >= 0.3 is 6.03 Å². The van der Waals surface area contributed by atoms with E-state index in [4.69, 9.17) is 37.4 Å². The second-order valence-electron chi connectivity index (χ2n) is 27.5. The smallest absolute Gasteiger partial charge is 0.325 e. The fourth-order valence-electron chi connectivity index (χ4n) is 15.0. The van der Waals surface area contributed by atoms with Gasteiger partial charge in [-0.1, -0.05) is 55.2 Å². The van der Waals surface area contributed by atoms with Crippen LogP contribution >= 0.6 is 23.2 Å². The lowest BCUT2D eigenvalue weighted by Crippen LogP contribution is -2.59. The zero-order chi connectivity index (χ0) is 74.1. The summed E-state index contributed by atoms with van der Waals surface area (Å²) in [6.45, 7) is 4.55. The molecule has 0 saturated heterocycles. The van der Waals surface area contributed by atoms with Crippen LogP contribution in [0, 0.1) is 29.6 Å². The minimum atomic E-state index is -2.24. The maximum Gasteiger partial charge on any atom is 0.325 e. The Kier molecular flexibility index (Phi) is 21.8. The van der Waals surface area contributed by atoms with Gasteiger partial charge in [-0.3, -0.25) is 43.7 Å². The van der Waals surface area contributed by atoms with Crippen molar-refractivity contribution < 1.29 is 88.0 Å². The van der Waals surface area contributed by atoms with E-state index in [1.165, 1.54) is 67.7 Å². The number of ether oxygens (including phenoxy) is 3. The topological polar surface area (TPSA) is 435 Å². The number of likely N-dealkylation sites (N-methyl/N-ethyl adjacent to an activating group) is 2. The molecule has 29 nitrogen and oxygen atoms in total. The van der Waals surface area contributed by atoms with Crippen molar-refractivity contribution in [3.05, 3.63) is 141 Å². The predicted molar refractivity (Wildman–Crippen MR) is 375 cm³/mol. The van der Waals surface area contributed by atoms with Crippen molar-refractivity contribution in [3.8, 4) is 62.9 Å². The number of amides is 10. The second-order valence-corrected chi connectivity index (χ2v) is 28.3. The van der Waals surface area contributed by atoms with Crippen LogP contribution in [-0.2, 0) is 38.4 Å². The van der Waals surface area contributed by atoms with Crippen molar-refractivity contribution in [2.24, 2.45) is 29.6 Å². The van der Waals surface area contributed by atoms with Gasteiger partial charge in [-0.15, -0.1) is 0 Å². The summed E-state index contributed by atoms with van der Waals surface area (Å²) in [5.41, 5.74) is -1.57. The molecule has 6 aromatic carbocycles. The van der Waals surface area contributed by atoms with E-state index in [0.717, 1.165) is 62.4 Å². The molecule has 104 heavy (non-hydrogen) atoms. The highest BCUT2D eigenvalue weighted by Crippen LogP contribution is 2.54. The number of urea groups is 1. The van der Waals surface area contributed by atoms with E-state index in [9.17, 15) is 45.0 Å². The van der Waals surface area contributed by atoms with Crippen LogP contribution in [0.1, 0.15) is 117 Å². The number of hydrogen-bond donors (Lipinski definition) is 17. The third-order valence-corrected chi connectivity index (χ3v) is 20.4. The molecule has 0 unspecified atom stereocenters. The van der Waals surface area contributed by atoms with Crippen molar-refractivity contribution in [1.82, 2.24) is 53.2 Å². The number of rotatable bonds is 14. The average Bonchev–Trinajstić information content (AvgIpc) is 0.762. The van der Waals surface area contributed by atoms with E-state index in [1.807, 2.05) is 13.8 Å². The Labute approximate surface area is 605 Å². The van der Waals surface area contributed by atoms with Gasteiger partial charge in [0, 0.05) is 35.5 Å². The van der Waals surface area contributed by atoms with Crippen LogP contribution in [0.25, 0.3) is 11.1 Å². The van der Waals surface area contributed by atoms with E-state index in [1.54, 1.807) is 19.2 Å². The molecule has 4 saturated carbocycles. The van der Waals surface area contributed by atoms with Gasteiger partial charge in [0.2, 0.25) is 53.0 Å². The van der Waals surface area contributed by atoms with Gasteiger partial charge in [0.25, 0.3) is 0 Å². The first kappa shape index (κ1) is 73.3. The van der Waals surface area contributed by atoms with Crippen LogP contribution in [0.5, 0.6) is 51.7 Å². The first-order valence-electron chi connectivity index (χ1n) is 34.1. The minimum absolute atomic E-state index is 0.0788. The summed E-state index contributed by atoms with van der Waals surface area (Å²) in [4.78, 5) is 135. The number of nitrogens with one attached hydrogen (secondary N) is 11. The van der Waals surface area contributed by atoms with Gasteiger partial charge in [0.05, 0.1) is 22.5 Å². The molecule has 15 rings (SSSR count). The number of carbonyl (C=O) groups excluding carboxylic acids is 9. The lowest BCUT2D eigenvalue weighted by Gasteiger charge is -2.54. The monoisotopic (exact) mass is 1470 g/mol. The standard InChI is InChI=1S/C73H79Cl2N11O18/c1-31(2)17-47(77-4)66(94)85-61-63(91)35-6-13-51(45(74)24-35)103-53-26-39-27-54(65(53)93)104-52-14-7-36(25-46(52)75)64(92)62-72(100)84-60(70(98)81-57-37-19-32-18-33(21-37)22-38(57)20-32)44-28-41(87)29-50(89)56(44)43-23-34(5-12-49(43)88)58(68(96)86-62)83-69(97)59(39)82-67(95)48(79-71(61)99)30-55(90)80-73(101)78-40-8-10-42(11-9-40)102-16-15-76-3/h5-14,23-29,31-33,37-38,47-48,57-64,76-77,87-89,91-93H,15-22,30H2,1-4H3,(H,79,99)(H,81,98)(H,82,95)(H,83,97)(H,84,100)(H,85,94)(H,86,96)(H2,78,80,90,101)/t32?,33?,37?,38?,47-,48+,57?,58-,59-,60+,61-,62+,63-,64-/m1/s1. The molecular weight excluding hydrogens is 1390 g/mol. The molecule has 4 aliphatic carbocycles. The average molecular weight is 1470 g/mol. The van der Waals surface area contributed by atoms with Crippen LogP contribution in [-0.4, -0.2) is 141 Å². The number of aromatic hydroxyl groups is 4. The number of anilines is 1. The maximum atomic E-state index is 16.0. The molecule has 5 heterocycles. The highest BCUT2D eigenvalue weighted by molar-refractivity contribution is 6.32. The number of hydrogen-bond acceptors (Lipinski definition) is 20. The molecule has 17 N–H and O–H groups in total. The first-order valence-corrected chi connectivity index (χ1v) is 34.8. The van der Waals surface area contributed by atoms with Crippen LogP contribution < -0.4 is 72.7 Å². The SMILES string of the molecule is CNCCOc1ccc(NC(=O)NC(=O)C[C@@H]2NC(=O)[C@H](NC(=O)[C@@H](CC(C)C)NC)[C@H](O)c3ccc(c(Cl)c3)Oc3cc4cc(c3O)Oc3ccc(cc3Cl)[C@@H](O)[C@@H]3NC(=O)[C@H](NC(=O)[C@@H]4NC2=O)c2ccc(O)c(c2)-c2c(O)cc(O)cc2[C@@H](C(=O)NC2C4CC5CC(C4)CC2C5)NC3=O)cc1. The Hall–Kier alpha value is -10.4. The number of aliphatic hydroxyl groups is 2. The molecular formula is C73H79Cl2N11O18. The number of phenols is 4. The molecule has 0 spiro atoms. The van der Waals surface area contributed by atoms with Gasteiger partial charge in [0.1, 0.15) is 89.6 Å². The van der Waals surface area contributed by atoms with Crippen molar-refractivity contribution >= 4 is 82.2 Å². The third kappa shape index (κ3) is 15.9. The van der Waals surface area contributed by atoms with Gasteiger partial charge < -0.3 is 98.0 Å². The zero-order valence-electron chi connectivity index (χ0n) is 56.7. The Morgan fingerprint density at radius 3 is 1.84 bits per heavy atom. The second kappa shape index (κ2) is 30.9. The molecule has 15 bridgehead atoms. The zero-order valence-corrected chi connectivity index (χ0v) is 58.2. The largest absolute Gasteiger partial charge is 0.508 e. The first-order chi connectivity index (χ1) is 49.7. The van der Waals surface area contributed by atoms with E-state index in [0.29, 0.717) is 30.7 Å². The molecule has 0 radical (unpaired) electrons. The van der Waals surface area contributed by atoms with Gasteiger partial charge in [-0.05, 0) is 189 Å². The van der Waals surface area contributed by atoms with Crippen molar-refractivity contribution in [2.45, 2.75) is 119 Å². The number of carbonyl (C=O) groups is 9. The van der Waals surface area contributed by atoms with E-state index < -0.39 is 149 Å². The van der Waals surface area contributed by atoms with Crippen molar-refractivity contribution in [3.63, 3.8) is 0 Å². The minimum Gasteiger partial charge on any atom is -0.508 e. The number of benzene rings is 6. The van der Waals surface area contributed by atoms with Crippen LogP contribution in [0.3, 0.4) is 0 Å². The van der Waals surface area contributed by atoms with Crippen molar-refractivity contribution in [1.29, 1.82) is 0 Å². The summed E-state index contributed by atoms with van der Waals surface area (Å²) in [7, 11) is 3.25. The third-order valence-electron chi connectivity index (χ3n) is 19.9. The van der Waals surface area contributed by atoms with E-state index >= 15 is 28.8 Å². The van der Waals surface area contributed by atoms with Crippen LogP contribution in [0.2, 0.25) is 10.0 Å². The molecule has 31 heteroatoms. The number of aliphatic hydroxyl groups excluding tert-OH is 2. The lowest BCUT2D eigenvalue weighted by atomic mass is 9.54. The van der Waals surface area contributed by atoms with Gasteiger partial charge in [-0.2, -0.15) is 0 Å². The van der Waals surface area contributed by atoms with Gasteiger partial charge in [-0.25, -0.2) is 4.79 Å². The Morgan fingerprint density at radius 2 is 1.22 bits per heavy atom. The van der Waals surface area contributed by atoms with E-state index in [2.05, 4.69) is 58.5 Å². The number of imide groups is 1. The summed E-state index contributed by atoms with van der Waals surface area (Å²) in [6, 6.07) is 6.01. The molecule has 9 atom stereocenters. The molecule has 0 aromatic heterocycles. The summed E-state index contributed by atoms with van der Waals surface area (Å²) < 4.78 is 18.2. The Balaban J connectivity index is 0.987. The summed E-state index contributed by atoms with van der Waals surface area (Å²) in [5, 5.41) is 101.